The highest BCUT2D eigenvalue weighted by molar-refractivity contribution is 7.89. The van der Waals surface area contributed by atoms with Gasteiger partial charge in [0, 0.05) is 29.0 Å². The van der Waals surface area contributed by atoms with Crippen LogP contribution in [0, 0.1) is 0 Å². The number of benzene rings is 1. The lowest BCUT2D eigenvalue weighted by molar-refractivity contribution is -0.139. The average molecular weight is 470 g/mol. The lowest BCUT2D eigenvalue weighted by Gasteiger charge is -2.34. The monoisotopic (exact) mass is 469 g/mol. The predicted octanol–water partition coefficient (Wildman–Crippen LogP) is 2.77. The van der Waals surface area contributed by atoms with Crippen LogP contribution in [0.3, 0.4) is 0 Å². The maximum atomic E-state index is 13.0. The molecule has 0 radical (unpaired) electrons. The molecule has 0 saturated carbocycles. The highest BCUT2D eigenvalue weighted by Gasteiger charge is 2.33. The summed E-state index contributed by atoms with van der Waals surface area (Å²) < 4.78 is 27.6. The van der Waals surface area contributed by atoms with Gasteiger partial charge in [-0.25, -0.2) is 8.42 Å². The molecule has 1 aromatic heterocycles. The molecule has 1 aliphatic heterocycles. The minimum absolute atomic E-state index is 0.204. The van der Waals surface area contributed by atoms with Crippen LogP contribution in [0.15, 0.2) is 46.7 Å². The summed E-state index contributed by atoms with van der Waals surface area (Å²) in [6.07, 6.45) is 2.87. The SMILES string of the molecule is O=C(NCC[C@@H]1CCCCN1S(=O)(=O)c1ccc(Cl)cc1)C(=O)NCc1cccs1. The Hall–Kier alpha value is -1.94. The highest BCUT2D eigenvalue weighted by Crippen LogP contribution is 2.27. The summed E-state index contributed by atoms with van der Waals surface area (Å²) in [6.45, 7) is 0.965. The van der Waals surface area contributed by atoms with Crippen molar-refractivity contribution in [1.82, 2.24) is 14.9 Å². The second-order valence-electron chi connectivity index (χ2n) is 7.03. The van der Waals surface area contributed by atoms with Gasteiger partial charge in [-0.1, -0.05) is 24.1 Å². The largest absolute Gasteiger partial charge is 0.348 e. The Morgan fingerprint density at radius 1 is 1.10 bits per heavy atom. The second kappa shape index (κ2) is 10.4. The van der Waals surface area contributed by atoms with Gasteiger partial charge in [0.1, 0.15) is 0 Å². The molecule has 2 amide bonds. The molecule has 1 aromatic carbocycles. The van der Waals surface area contributed by atoms with Gasteiger partial charge in [-0.2, -0.15) is 4.31 Å². The molecule has 1 saturated heterocycles. The van der Waals surface area contributed by atoms with Gasteiger partial charge in [-0.15, -0.1) is 11.3 Å². The molecule has 7 nitrogen and oxygen atoms in total. The Morgan fingerprint density at radius 3 is 2.53 bits per heavy atom. The van der Waals surface area contributed by atoms with Crippen LogP contribution in [0.5, 0.6) is 0 Å². The molecule has 1 aliphatic rings. The van der Waals surface area contributed by atoms with E-state index in [2.05, 4.69) is 10.6 Å². The second-order valence-corrected chi connectivity index (χ2v) is 10.4. The lowest BCUT2D eigenvalue weighted by atomic mass is 10.0. The van der Waals surface area contributed by atoms with Gasteiger partial charge in [0.05, 0.1) is 11.4 Å². The van der Waals surface area contributed by atoms with Crippen molar-refractivity contribution in [3.05, 3.63) is 51.7 Å². The number of piperidine rings is 1. The van der Waals surface area contributed by atoms with Gasteiger partial charge in [0.15, 0.2) is 0 Å². The van der Waals surface area contributed by atoms with Gasteiger partial charge in [-0.05, 0) is 55.0 Å². The Balaban J connectivity index is 1.53. The minimum Gasteiger partial charge on any atom is -0.348 e. The van der Waals surface area contributed by atoms with Crippen LogP contribution >= 0.6 is 22.9 Å². The molecule has 10 heteroatoms. The van der Waals surface area contributed by atoms with E-state index in [1.165, 1.54) is 27.8 Å². The maximum Gasteiger partial charge on any atom is 0.309 e. The first kappa shape index (κ1) is 22.7. The summed E-state index contributed by atoms with van der Waals surface area (Å²) in [4.78, 5) is 25.1. The standard InChI is InChI=1S/C20H24ClN3O4S2/c21-15-6-8-18(9-7-15)30(27,28)24-12-2-1-4-16(24)10-11-22-19(25)20(26)23-14-17-5-3-13-29-17/h3,5-9,13,16H,1-2,4,10-12,14H2,(H,22,25)(H,23,26)/t16-/m0/s1. The summed E-state index contributed by atoms with van der Waals surface area (Å²) in [5, 5.41) is 7.54. The van der Waals surface area contributed by atoms with E-state index >= 15 is 0 Å². The third-order valence-electron chi connectivity index (χ3n) is 4.97. The van der Waals surface area contributed by atoms with Crippen LogP contribution in [0.4, 0.5) is 0 Å². The van der Waals surface area contributed by atoms with Gasteiger partial charge in [0.25, 0.3) is 0 Å². The Bertz CT molecular complexity index is 962. The fourth-order valence-corrected chi connectivity index (χ4v) is 5.91. The van der Waals surface area contributed by atoms with Crippen molar-refractivity contribution in [2.45, 2.75) is 43.2 Å². The van der Waals surface area contributed by atoms with Gasteiger partial charge in [0.2, 0.25) is 10.0 Å². The number of halogens is 1. The molecule has 0 unspecified atom stereocenters. The lowest BCUT2D eigenvalue weighted by Crippen LogP contribution is -2.46. The van der Waals surface area contributed by atoms with E-state index in [0.717, 1.165) is 17.7 Å². The van der Waals surface area contributed by atoms with Crippen LogP contribution in [0.2, 0.25) is 5.02 Å². The third-order valence-corrected chi connectivity index (χ3v) is 8.06. The average Bonchev–Trinajstić information content (AvgIpc) is 3.26. The zero-order chi connectivity index (χ0) is 21.6. The number of nitrogens with one attached hydrogen (secondary N) is 2. The van der Waals surface area contributed by atoms with E-state index in [1.54, 1.807) is 12.1 Å². The summed E-state index contributed by atoms with van der Waals surface area (Å²) in [6, 6.07) is 9.65. The van der Waals surface area contributed by atoms with Crippen molar-refractivity contribution in [1.29, 1.82) is 0 Å². The number of nitrogens with zero attached hydrogens (tertiary/aromatic N) is 1. The summed E-state index contributed by atoms with van der Waals surface area (Å²) >= 11 is 7.37. The third kappa shape index (κ3) is 5.81. The Kier molecular flexibility index (Phi) is 7.87. The van der Waals surface area contributed by atoms with Gasteiger partial charge >= 0.3 is 11.8 Å². The first-order valence-corrected chi connectivity index (χ1v) is 12.4. The van der Waals surface area contributed by atoms with Crippen molar-refractivity contribution in [3.63, 3.8) is 0 Å². The van der Waals surface area contributed by atoms with E-state index in [1.807, 2.05) is 17.5 Å². The minimum atomic E-state index is -3.64. The number of sulfonamides is 1. The quantitative estimate of drug-likeness (QED) is 0.609. The van der Waals surface area contributed by atoms with Crippen LogP contribution in [0.1, 0.15) is 30.6 Å². The molecule has 0 aliphatic carbocycles. The zero-order valence-electron chi connectivity index (χ0n) is 16.3. The molecule has 0 bridgehead atoms. The van der Waals surface area contributed by atoms with Crippen LogP contribution in [-0.2, 0) is 26.2 Å². The van der Waals surface area contributed by atoms with Crippen LogP contribution in [-0.4, -0.2) is 43.7 Å². The van der Waals surface area contributed by atoms with Gasteiger partial charge in [-0.3, -0.25) is 9.59 Å². The fraction of sp³-hybridized carbons (Fsp3) is 0.400. The van der Waals surface area contributed by atoms with Crippen molar-refractivity contribution in [3.8, 4) is 0 Å². The van der Waals surface area contributed by atoms with E-state index in [0.29, 0.717) is 31.0 Å². The topological polar surface area (TPSA) is 95.6 Å². The summed E-state index contributed by atoms with van der Waals surface area (Å²) in [7, 11) is -3.64. The molecule has 0 spiro atoms. The molecule has 1 fully saturated rings. The van der Waals surface area contributed by atoms with E-state index in [4.69, 9.17) is 11.6 Å². The molecule has 162 valence electrons. The van der Waals surface area contributed by atoms with Crippen molar-refractivity contribution < 1.29 is 18.0 Å². The number of carbonyl (C=O) groups is 2. The van der Waals surface area contributed by atoms with Crippen molar-refractivity contribution in [2.75, 3.05) is 13.1 Å². The predicted molar refractivity (Wildman–Crippen MR) is 117 cm³/mol. The van der Waals surface area contributed by atoms with Crippen molar-refractivity contribution in [2.24, 2.45) is 0 Å². The fourth-order valence-electron chi connectivity index (χ4n) is 3.41. The van der Waals surface area contributed by atoms with E-state index in [-0.39, 0.29) is 17.5 Å². The Labute approximate surface area is 185 Å². The molecule has 2 heterocycles. The summed E-state index contributed by atoms with van der Waals surface area (Å²) in [5.74, 6) is -1.41. The molecule has 30 heavy (non-hydrogen) atoms. The number of rotatable bonds is 7. The highest BCUT2D eigenvalue weighted by atomic mass is 35.5. The number of hydrogen-bond acceptors (Lipinski definition) is 5. The summed E-state index contributed by atoms with van der Waals surface area (Å²) in [5.41, 5.74) is 0. The van der Waals surface area contributed by atoms with E-state index < -0.39 is 21.8 Å². The number of carbonyl (C=O) groups excluding carboxylic acids is 2. The van der Waals surface area contributed by atoms with Crippen LogP contribution < -0.4 is 10.6 Å². The smallest absolute Gasteiger partial charge is 0.309 e. The molecule has 2 aromatic rings. The number of thiophene rings is 1. The Morgan fingerprint density at radius 2 is 1.83 bits per heavy atom. The number of amides is 2. The molecular weight excluding hydrogens is 446 g/mol. The first-order chi connectivity index (χ1) is 14.4. The molecule has 1 atom stereocenters. The van der Waals surface area contributed by atoms with Crippen molar-refractivity contribution >= 4 is 44.8 Å². The normalized spacial score (nSPS) is 17.4. The molecular formula is C20H24ClN3O4S2. The maximum absolute atomic E-state index is 13.0. The van der Waals surface area contributed by atoms with Crippen LogP contribution in [0.25, 0.3) is 0 Å². The first-order valence-electron chi connectivity index (χ1n) is 9.74. The molecule has 3 rings (SSSR count). The molecule has 2 N–H and O–H groups in total. The van der Waals surface area contributed by atoms with Gasteiger partial charge < -0.3 is 10.6 Å². The number of hydrogen-bond donors (Lipinski definition) is 2. The zero-order valence-corrected chi connectivity index (χ0v) is 18.7. The van der Waals surface area contributed by atoms with E-state index in [9.17, 15) is 18.0 Å².